The van der Waals surface area contributed by atoms with Gasteiger partial charge in [0.25, 0.3) is 0 Å². The number of halogens is 1. The Balaban J connectivity index is 2.97. The summed E-state index contributed by atoms with van der Waals surface area (Å²) in [6, 6.07) is 2.92. The maximum atomic E-state index is 13.5. The van der Waals surface area contributed by atoms with Gasteiger partial charge in [0.1, 0.15) is 5.82 Å². The van der Waals surface area contributed by atoms with E-state index >= 15 is 0 Å². The summed E-state index contributed by atoms with van der Waals surface area (Å²) < 4.78 is 40.5. The molecule has 0 aliphatic carbocycles. The minimum atomic E-state index is -3.90. The highest BCUT2D eigenvalue weighted by Gasteiger charge is 2.19. The number of aromatic carboxylic acids is 1. The van der Waals surface area contributed by atoms with E-state index in [1.807, 2.05) is 6.92 Å². The lowest BCUT2D eigenvalue weighted by Gasteiger charge is -2.18. The Kier molecular flexibility index (Phi) is 5.46. The molecule has 0 spiro atoms. The average molecular weight is 304 g/mol. The average Bonchev–Trinajstić information content (AvgIpc) is 2.37. The van der Waals surface area contributed by atoms with Gasteiger partial charge in [-0.1, -0.05) is 13.3 Å². The molecule has 0 saturated heterocycles. The Bertz CT molecular complexity index is 589. The molecule has 2 N–H and O–H groups in total. The molecule has 0 amide bonds. The number of rotatable bonds is 7. The van der Waals surface area contributed by atoms with E-state index in [0.717, 1.165) is 28.9 Å². The maximum absolute atomic E-state index is 13.5. The van der Waals surface area contributed by atoms with E-state index in [0.29, 0.717) is 13.0 Å². The second-order valence-corrected chi connectivity index (χ2v) is 6.06. The summed E-state index contributed by atoms with van der Waals surface area (Å²) in [6.07, 6.45) is 1.50. The van der Waals surface area contributed by atoms with Crippen molar-refractivity contribution >= 4 is 21.9 Å². The number of hydrogen-bond donors (Lipinski definition) is 2. The van der Waals surface area contributed by atoms with Gasteiger partial charge >= 0.3 is 16.2 Å². The van der Waals surface area contributed by atoms with Crippen LogP contribution >= 0.6 is 0 Å². The predicted molar refractivity (Wildman–Crippen MR) is 73.4 cm³/mol. The van der Waals surface area contributed by atoms with E-state index in [-0.39, 0.29) is 11.3 Å². The summed E-state index contributed by atoms with van der Waals surface area (Å²) in [5.74, 6) is -2.09. The normalized spacial score (nSPS) is 11.6. The van der Waals surface area contributed by atoms with Crippen LogP contribution in [-0.4, -0.2) is 37.4 Å². The zero-order chi connectivity index (χ0) is 15.3. The molecule has 112 valence electrons. The SMILES string of the molecule is CCCCN(C)S(=O)(=O)Nc1cc(C(=O)O)ccc1F. The van der Waals surface area contributed by atoms with Gasteiger partial charge in [-0.25, -0.2) is 9.18 Å². The highest BCUT2D eigenvalue weighted by molar-refractivity contribution is 7.90. The number of carboxylic acid groups (broad SMARTS) is 1. The van der Waals surface area contributed by atoms with E-state index in [1.165, 1.54) is 7.05 Å². The fraction of sp³-hybridized carbons (Fsp3) is 0.417. The first-order chi connectivity index (χ1) is 9.27. The third-order valence-corrected chi connectivity index (χ3v) is 4.17. The largest absolute Gasteiger partial charge is 0.478 e. The summed E-state index contributed by atoms with van der Waals surface area (Å²) in [7, 11) is -2.53. The second-order valence-electron chi connectivity index (χ2n) is 4.28. The molecule has 1 aromatic rings. The molecule has 0 aliphatic rings. The van der Waals surface area contributed by atoms with Gasteiger partial charge < -0.3 is 5.11 Å². The molecule has 6 nitrogen and oxygen atoms in total. The van der Waals surface area contributed by atoms with E-state index < -0.39 is 22.0 Å². The number of anilines is 1. The van der Waals surface area contributed by atoms with E-state index in [1.54, 1.807) is 0 Å². The van der Waals surface area contributed by atoms with Crippen molar-refractivity contribution in [1.82, 2.24) is 4.31 Å². The van der Waals surface area contributed by atoms with Gasteiger partial charge in [0, 0.05) is 13.6 Å². The minimum absolute atomic E-state index is 0.194. The molecule has 0 atom stereocenters. The molecule has 0 radical (unpaired) electrons. The van der Waals surface area contributed by atoms with E-state index in [2.05, 4.69) is 4.72 Å². The monoisotopic (exact) mass is 304 g/mol. The molecular weight excluding hydrogens is 287 g/mol. The molecular formula is C12H17FN2O4S. The lowest BCUT2D eigenvalue weighted by Crippen LogP contribution is -2.33. The summed E-state index contributed by atoms with van der Waals surface area (Å²) >= 11 is 0. The molecule has 0 aromatic heterocycles. The Morgan fingerprint density at radius 3 is 2.65 bits per heavy atom. The molecule has 0 bridgehead atoms. The fourth-order valence-corrected chi connectivity index (χ4v) is 2.41. The Labute approximate surface area is 117 Å². The van der Waals surface area contributed by atoms with Crippen molar-refractivity contribution in [1.29, 1.82) is 0 Å². The zero-order valence-corrected chi connectivity index (χ0v) is 12.1. The molecule has 1 rings (SSSR count). The standard InChI is InChI=1S/C12H17FN2O4S/c1-3-4-7-15(2)20(18,19)14-11-8-9(12(16)17)5-6-10(11)13/h5-6,8,14H,3-4,7H2,1-2H3,(H,16,17). The van der Waals surface area contributed by atoms with Crippen molar-refractivity contribution in [2.45, 2.75) is 19.8 Å². The van der Waals surface area contributed by atoms with Crippen LogP contribution in [0.25, 0.3) is 0 Å². The second kappa shape index (κ2) is 6.67. The van der Waals surface area contributed by atoms with Crippen LogP contribution in [0.4, 0.5) is 10.1 Å². The molecule has 0 unspecified atom stereocenters. The lowest BCUT2D eigenvalue weighted by molar-refractivity contribution is 0.0697. The number of benzene rings is 1. The van der Waals surface area contributed by atoms with Crippen molar-refractivity contribution in [3.63, 3.8) is 0 Å². The van der Waals surface area contributed by atoms with Crippen molar-refractivity contribution in [2.75, 3.05) is 18.3 Å². The van der Waals surface area contributed by atoms with Gasteiger partial charge in [-0.3, -0.25) is 4.72 Å². The first-order valence-electron chi connectivity index (χ1n) is 6.05. The summed E-state index contributed by atoms with van der Waals surface area (Å²) in [5, 5.41) is 8.81. The van der Waals surface area contributed by atoms with E-state index in [4.69, 9.17) is 5.11 Å². The minimum Gasteiger partial charge on any atom is -0.478 e. The maximum Gasteiger partial charge on any atom is 0.335 e. The van der Waals surface area contributed by atoms with Gasteiger partial charge in [0.2, 0.25) is 0 Å². The van der Waals surface area contributed by atoms with Crippen molar-refractivity contribution in [3.8, 4) is 0 Å². The zero-order valence-electron chi connectivity index (χ0n) is 11.3. The van der Waals surface area contributed by atoms with Gasteiger partial charge in [-0.2, -0.15) is 12.7 Å². The van der Waals surface area contributed by atoms with Crippen LogP contribution in [-0.2, 0) is 10.2 Å². The van der Waals surface area contributed by atoms with Gasteiger partial charge in [0.15, 0.2) is 0 Å². The van der Waals surface area contributed by atoms with Crippen LogP contribution in [0.2, 0.25) is 0 Å². The number of carboxylic acids is 1. The van der Waals surface area contributed by atoms with Crippen LogP contribution in [0.5, 0.6) is 0 Å². The van der Waals surface area contributed by atoms with Gasteiger partial charge in [-0.15, -0.1) is 0 Å². The number of hydrogen-bond acceptors (Lipinski definition) is 3. The van der Waals surface area contributed by atoms with Crippen LogP contribution < -0.4 is 4.72 Å². The summed E-state index contributed by atoms with van der Waals surface area (Å²) in [4.78, 5) is 10.8. The van der Waals surface area contributed by atoms with Crippen molar-refractivity contribution in [3.05, 3.63) is 29.6 Å². The Morgan fingerprint density at radius 1 is 1.45 bits per heavy atom. The highest BCUT2D eigenvalue weighted by Crippen LogP contribution is 2.18. The first kappa shape index (κ1) is 16.4. The lowest BCUT2D eigenvalue weighted by atomic mass is 10.2. The molecule has 0 heterocycles. The molecule has 1 aromatic carbocycles. The smallest absolute Gasteiger partial charge is 0.335 e. The van der Waals surface area contributed by atoms with Crippen LogP contribution in [0.15, 0.2) is 18.2 Å². The number of unbranched alkanes of at least 4 members (excludes halogenated alkanes) is 1. The number of nitrogens with zero attached hydrogens (tertiary/aromatic N) is 1. The van der Waals surface area contributed by atoms with Crippen LogP contribution in [0.3, 0.4) is 0 Å². The van der Waals surface area contributed by atoms with Crippen LogP contribution in [0.1, 0.15) is 30.1 Å². The third kappa shape index (κ3) is 4.17. The molecule has 8 heteroatoms. The Hall–Kier alpha value is -1.67. The third-order valence-electron chi connectivity index (χ3n) is 2.69. The molecule has 0 fully saturated rings. The van der Waals surface area contributed by atoms with Crippen LogP contribution in [0, 0.1) is 5.82 Å². The molecule has 0 aliphatic heterocycles. The quantitative estimate of drug-likeness (QED) is 0.805. The summed E-state index contributed by atoms with van der Waals surface area (Å²) in [6.45, 7) is 2.22. The predicted octanol–water partition coefficient (Wildman–Crippen LogP) is 1.91. The molecule has 20 heavy (non-hydrogen) atoms. The van der Waals surface area contributed by atoms with Crippen molar-refractivity contribution < 1.29 is 22.7 Å². The fourth-order valence-electron chi connectivity index (χ4n) is 1.45. The number of carbonyl (C=O) groups is 1. The van der Waals surface area contributed by atoms with Gasteiger partial charge in [-0.05, 0) is 24.6 Å². The Morgan fingerprint density at radius 2 is 2.10 bits per heavy atom. The summed E-state index contributed by atoms with van der Waals surface area (Å²) in [5.41, 5.74) is -0.575. The van der Waals surface area contributed by atoms with E-state index in [9.17, 15) is 17.6 Å². The topological polar surface area (TPSA) is 86.7 Å². The number of nitrogens with one attached hydrogen (secondary N) is 1. The molecule has 0 saturated carbocycles. The van der Waals surface area contributed by atoms with Crippen molar-refractivity contribution in [2.24, 2.45) is 0 Å². The van der Waals surface area contributed by atoms with Gasteiger partial charge in [0.05, 0.1) is 11.3 Å². The highest BCUT2D eigenvalue weighted by atomic mass is 32.2. The first-order valence-corrected chi connectivity index (χ1v) is 7.49.